The van der Waals surface area contributed by atoms with Crippen molar-refractivity contribution in [2.24, 2.45) is 0 Å². The molecule has 0 aliphatic carbocycles. The van der Waals surface area contributed by atoms with Crippen LogP contribution in [0, 0.1) is 0 Å². The minimum atomic E-state index is -0.349. The fourth-order valence-electron chi connectivity index (χ4n) is 2.32. The Hall–Kier alpha value is -2.37. The van der Waals surface area contributed by atoms with Crippen molar-refractivity contribution in [3.05, 3.63) is 64.7 Å². The van der Waals surface area contributed by atoms with Crippen LogP contribution in [0.1, 0.15) is 27.1 Å². The summed E-state index contributed by atoms with van der Waals surface area (Å²) in [6, 6.07) is 13.7. The molecule has 2 N–H and O–H groups in total. The highest BCUT2D eigenvalue weighted by Crippen LogP contribution is 2.19. The summed E-state index contributed by atoms with van der Waals surface area (Å²) >= 11 is 6.05. The summed E-state index contributed by atoms with van der Waals surface area (Å²) in [5.41, 5.74) is 1.25. The second-order valence-electron chi connectivity index (χ2n) is 5.89. The molecule has 6 heteroatoms. The molecule has 0 aliphatic heterocycles. The number of amides is 2. The lowest BCUT2D eigenvalue weighted by Gasteiger charge is -2.13. The lowest BCUT2D eigenvalue weighted by Crippen LogP contribution is -2.28. The minimum absolute atomic E-state index is 0.214. The largest absolute Gasteiger partial charge is 0.352 e. The van der Waals surface area contributed by atoms with Crippen LogP contribution in [0.3, 0.4) is 0 Å². The number of anilines is 1. The van der Waals surface area contributed by atoms with E-state index in [2.05, 4.69) is 15.5 Å². The van der Waals surface area contributed by atoms with Gasteiger partial charge in [0, 0.05) is 6.54 Å². The maximum absolute atomic E-state index is 12.4. The van der Waals surface area contributed by atoms with E-state index in [4.69, 9.17) is 11.6 Å². The summed E-state index contributed by atoms with van der Waals surface area (Å²) in [7, 11) is 3.97. The van der Waals surface area contributed by atoms with Gasteiger partial charge in [-0.15, -0.1) is 0 Å². The highest BCUT2D eigenvalue weighted by atomic mass is 35.5. The van der Waals surface area contributed by atoms with Gasteiger partial charge in [0.1, 0.15) is 0 Å². The van der Waals surface area contributed by atoms with Crippen LogP contribution in [0.15, 0.2) is 48.5 Å². The number of hydrogen-bond acceptors (Lipinski definition) is 3. The molecule has 2 amide bonds. The molecule has 0 heterocycles. The molecule has 0 atom stereocenters. The Balaban J connectivity index is 2.06. The van der Waals surface area contributed by atoms with Gasteiger partial charge in [-0.2, -0.15) is 0 Å². The van der Waals surface area contributed by atoms with Crippen molar-refractivity contribution < 1.29 is 9.59 Å². The summed E-state index contributed by atoms with van der Waals surface area (Å²) < 4.78 is 0. The Morgan fingerprint density at radius 2 is 1.60 bits per heavy atom. The van der Waals surface area contributed by atoms with Gasteiger partial charge in [0.2, 0.25) is 0 Å². The van der Waals surface area contributed by atoms with Gasteiger partial charge in [-0.05, 0) is 51.3 Å². The number of para-hydroxylation sites is 1. The van der Waals surface area contributed by atoms with E-state index in [1.165, 1.54) is 0 Å². The van der Waals surface area contributed by atoms with Crippen LogP contribution in [0.25, 0.3) is 0 Å². The number of hydrogen-bond donors (Lipinski definition) is 2. The first-order chi connectivity index (χ1) is 12.0. The first-order valence-corrected chi connectivity index (χ1v) is 8.44. The van der Waals surface area contributed by atoms with Crippen molar-refractivity contribution in [3.63, 3.8) is 0 Å². The predicted molar refractivity (Wildman–Crippen MR) is 101 cm³/mol. The highest BCUT2D eigenvalue weighted by Gasteiger charge is 2.15. The zero-order valence-corrected chi connectivity index (χ0v) is 15.1. The third-order valence-electron chi connectivity index (χ3n) is 3.61. The molecule has 0 bridgehead atoms. The van der Waals surface area contributed by atoms with Gasteiger partial charge in [0.15, 0.2) is 0 Å². The average Bonchev–Trinajstić information content (AvgIpc) is 2.59. The van der Waals surface area contributed by atoms with E-state index in [9.17, 15) is 9.59 Å². The van der Waals surface area contributed by atoms with Crippen molar-refractivity contribution in [3.8, 4) is 0 Å². The maximum atomic E-state index is 12.4. The lowest BCUT2D eigenvalue weighted by molar-refractivity contribution is 0.0953. The van der Waals surface area contributed by atoms with Gasteiger partial charge < -0.3 is 15.5 Å². The number of nitrogens with one attached hydrogen (secondary N) is 2. The van der Waals surface area contributed by atoms with Gasteiger partial charge >= 0.3 is 0 Å². The number of rotatable bonds is 7. The van der Waals surface area contributed by atoms with Crippen molar-refractivity contribution in [2.45, 2.75) is 6.42 Å². The van der Waals surface area contributed by atoms with E-state index in [1.54, 1.807) is 48.5 Å². The normalized spacial score (nSPS) is 10.6. The quantitative estimate of drug-likeness (QED) is 0.746. The molecular formula is C19H22ClN3O2. The zero-order chi connectivity index (χ0) is 18.2. The van der Waals surface area contributed by atoms with Crippen molar-refractivity contribution in [2.75, 3.05) is 32.5 Å². The average molecular weight is 360 g/mol. The van der Waals surface area contributed by atoms with Crippen LogP contribution in [0.4, 0.5) is 5.69 Å². The van der Waals surface area contributed by atoms with Gasteiger partial charge in [-0.25, -0.2) is 0 Å². The van der Waals surface area contributed by atoms with Crippen LogP contribution in [0.2, 0.25) is 5.02 Å². The van der Waals surface area contributed by atoms with E-state index in [1.807, 2.05) is 14.1 Å². The molecule has 0 saturated carbocycles. The highest BCUT2D eigenvalue weighted by molar-refractivity contribution is 6.34. The SMILES string of the molecule is CN(C)CCCNC(=O)c1ccccc1NC(=O)c1ccccc1Cl. The summed E-state index contributed by atoms with van der Waals surface area (Å²) in [4.78, 5) is 26.9. The molecule has 25 heavy (non-hydrogen) atoms. The Labute approximate surface area is 153 Å². The smallest absolute Gasteiger partial charge is 0.257 e. The van der Waals surface area contributed by atoms with Crippen LogP contribution >= 0.6 is 11.6 Å². The molecule has 5 nitrogen and oxygen atoms in total. The van der Waals surface area contributed by atoms with E-state index in [0.29, 0.717) is 28.4 Å². The molecule has 0 fully saturated rings. The lowest BCUT2D eigenvalue weighted by atomic mass is 10.1. The third kappa shape index (κ3) is 5.59. The molecule has 132 valence electrons. The topological polar surface area (TPSA) is 61.4 Å². The first-order valence-electron chi connectivity index (χ1n) is 8.07. The van der Waals surface area contributed by atoms with Crippen LogP contribution in [-0.4, -0.2) is 43.9 Å². The summed E-state index contributed by atoms with van der Waals surface area (Å²) in [6.07, 6.45) is 0.854. The monoisotopic (exact) mass is 359 g/mol. The van der Waals surface area contributed by atoms with Crippen LogP contribution in [-0.2, 0) is 0 Å². The van der Waals surface area contributed by atoms with Crippen LogP contribution in [0.5, 0.6) is 0 Å². The molecule has 2 aromatic rings. The standard InChI is InChI=1S/C19H22ClN3O2/c1-23(2)13-7-12-21-18(24)15-9-4-6-11-17(15)22-19(25)14-8-3-5-10-16(14)20/h3-6,8-11H,7,12-13H2,1-2H3,(H,21,24)(H,22,25). The van der Waals surface area contributed by atoms with Gasteiger partial charge in [-0.1, -0.05) is 35.9 Å². The Morgan fingerprint density at radius 1 is 0.960 bits per heavy atom. The van der Waals surface area contributed by atoms with Crippen LogP contribution < -0.4 is 10.6 Å². The van der Waals surface area contributed by atoms with Gasteiger partial charge in [-0.3, -0.25) is 9.59 Å². The Bertz CT molecular complexity index is 747. The Morgan fingerprint density at radius 3 is 2.28 bits per heavy atom. The predicted octanol–water partition coefficient (Wildman–Crippen LogP) is 3.27. The molecule has 0 unspecified atom stereocenters. The number of benzene rings is 2. The second-order valence-corrected chi connectivity index (χ2v) is 6.30. The van der Waals surface area contributed by atoms with Gasteiger partial charge in [0.05, 0.1) is 21.8 Å². The summed E-state index contributed by atoms with van der Waals surface area (Å²) in [5.74, 6) is -0.563. The number of halogens is 1. The van der Waals surface area contributed by atoms with Gasteiger partial charge in [0.25, 0.3) is 11.8 Å². The Kier molecular flexibility index (Phi) is 6.98. The molecule has 0 spiro atoms. The van der Waals surface area contributed by atoms with Crippen molar-refractivity contribution >= 4 is 29.1 Å². The van der Waals surface area contributed by atoms with E-state index >= 15 is 0 Å². The van der Waals surface area contributed by atoms with Crippen molar-refractivity contribution in [1.82, 2.24) is 10.2 Å². The molecule has 0 saturated heterocycles. The van der Waals surface area contributed by atoms with E-state index in [0.717, 1.165) is 13.0 Å². The van der Waals surface area contributed by atoms with Crippen molar-refractivity contribution in [1.29, 1.82) is 0 Å². The first kappa shape index (κ1) is 19.0. The zero-order valence-electron chi connectivity index (χ0n) is 14.4. The number of carbonyl (C=O) groups excluding carboxylic acids is 2. The number of nitrogens with zero attached hydrogens (tertiary/aromatic N) is 1. The summed E-state index contributed by atoms with van der Waals surface area (Å²) in [6.45, 7) is 1.47. The molecule has 2 rings (SSSR count). The van der Waals surface area contributed by atoms with E-state index < -0.39 is 0 Å². The minimum Gasteiger partial charge on any atom is -0.352 e. The second kappa shape index (κ2) is 9.20. The maximum Gasteiger partial charge on any atom is 0.257 e. The number of carbonyl (C=O) groups is 2. The molecule has 0 aromatic heterocycles. The molecular weight excluding hydrogens is 338 g/mol. The summed E-state index contributed by atoms with van der Waals surface area (Å²) in [5, 5.41) is 6.01. The molecule has 0 aliphatic rings. The molecule has 2 aromatic carbocycles. The van der Waals surface area contributed by atoms with E-state index in [-0.39, 0.29) is 11.8 Å². The molecule has 0 radical (unpaired) electrons. The fourth-order valence-corrected chi connectivity index (χ4v) is 2.54. The fraction of sp³-hybridized carbons (Fsp3) is 0.263. The third-order valence-corrected chi connectivity index (χ3v) is 3.94.